The Hall–Kier alpha value is -1.02. The summed E-state index contributed by atoms with van der Waals surface area (Å²) in [4.78, 5) is 8.16. The Kier molecular flexibility index (Phi) is 5.91. The average Bonchev–Trinajstić information content (AvgIpc) is 3.03. The molecule has 8 heteroatoms. The van der Waals surface area contributed by atoms with Gasteiger partial charge in [0.2, 0.25) is 0 Å². The SMILES string of the molecule is CCN1CCCC1CN=C(N)NC1CCN(CC(F)(F)F)C1. The first-order valence-corrected chi connectivity index (χ1v) is 7.97. The van der Waals surface area contributed by atoms with E-state index in [2.05, 4.69) is 22.1 Å². The van der Waals surface area contributed by atoms with Crippen molar-refractivity contribution in [2.75, 3.05) is 39.3 Å². The van der Waals surface area contributed by atoms with Crippen LogP contribution in [0.4, 0.5) is 13.2 Å². The van der Waals surface area contributed by atoms with Crippen molar-refractivity contribution in [3.8, 4) is 0 Å². The van der Waals surface area contributed by atoms with E-state index < -0.39 is 12.7 Å². The van der Waals surface area contributed by atoms with Crippen LogP contribution < -0.4 is 11.1 Å². The average molecular weight is 321 g/mol. The number of aliphatic imine (C=N–C) groups is 1. The normalized spacial score (nSPS) is 28.5. The Bertz CT molecular complexity index is 385. The zero-order valence-electron chi connectivity index (χ0n) is 13.1. The number of likely N-dealkylation sites (tertiary alicyclic amines) is 2. The van der Waals surface area contributed by atoms with Crippen LogP contribution in [-0.4, -0.2) is 73.3 Å². The smallest absolute Gasteiger partial charge is 0.370 e. The van der Waals surface area contributed by atoms with E-state index in [0.29, 0.717) is 38.1 Å². The molecule has 2 aliphatic rings. The highest BCUT2D eigenvalue weighted by atomic mass is 19.4. The van der Waals surface area contributed by atoms with Crippen LogP contribution in [0.1, 0.15) is 26.2 Å². The molecule has 0 radical (unpaired) electrons. The molecule has 0 aromatic heterocycles. The predicted octanol–water partition coefficient (Wildman–Crippen LogP) is 1.01. The Morgan fingerprint density at radius 1 is 1.32 bits per heavy atom. The van der Waals surface area contributed by atoms with Crippen molar-refractivity contribution in [3.05, 3.63) is 0 Å². The second-order valence-corrected chi connectivity index (χ2v) is 6.13. The predicted molar refractivity (Wildman–Crippen MR) is 80.8 cm³/mol. The first kappa shape index (κ1) is 17.3. The van der Waals surface area contributed by atoms with E-state index in [1.807, 2.05) is 0 Å². The molecule has 0 spiro atoms. The number of nitrogens with zero attached hydrogens (tertiary/aromatic N) is 3. The van der Waals surface area contributed by atoms with Crippen LogP contribution in [0, 0.1) is 0 Å². The van der Waals surface area contributed by atoms with Crippen molar-refractivity contribution < 1.29 is 13.2 Å². The molecule has 0 aromatic rings. The largest absolute Gasteiger partial charge is 0.401 e. The molecule has 0 aliphatic carbocycles. The van der Waals surface area contributed by atoms with Gasteiger partial charge in [-0.25, -0.2) is 0 Å². The number of guanidine groups is 1. The van der Waals surface area contributed by atoms with Gasteiger partial charge in [-0.2, -0.15) is 13.2 Å². The second-order valence-electron chi connectivity index (χ2n) is 6.13. The summed E-state index contributed by atoms with van der Waals surface area (Å²) in [6, 6.07) is 0.396. The molecule has 2 rings (SSSR count). The summed E-state index contributed by atoms with van der Waals surface area (Å²) in [5, 5.41) is 3.05. The summed E-state index contributed by atoms with van der Waals surface area (Å²) in [6.45, 7) is 4.87. The minimum absolute atomic E-state index is 0.0445. The zero-order chi connectivity index (χ0) is 16.2. The zero-order valence-corrected chi connectivity index (χ0v) is 13.1. The molecule has 0 aromatic carbocycles. The van der Waals surface area contributed by atoms with Crippen molar-refractivity contribution in [1.82, 2.24) is 15.1 Å². The van der Waals surface area contributed by atoms with Gasteiger partial charge in [0.25, 0.3) is 0 Å². The van der Waals surface area contributed by atoms with E-state index in [1.165, 1.54) is 11.3 Å². The van der Waals surface area contributed by atoms with Crippen LogP contribution in [0.5, 0.6) is 0 Å². The standard InChI is InChI=1S/C14H26F3N5/c1-2-22-6-3-4-12(22)8-19-13(18)20-11-5-7-21(9-11)10-14(15,16)17/h11-12H,2-10H2,1H3,(H3,18,19,20). The van der Waals surface area contributed by atoms with E-state index in [9.17, 15) is 13.2 Å². The lowest BCUT2D eigenvalue weighted by atomic mass is 10.2. The van der Waals surface area contributed by atoms with Gasteiger partial charge in [-0.15, -0.1) is 0 Å². The Morgan fingerprint density at radius 2 is 2.09 bits per heavy atom. The lowest BCUT2D eigenvalue weighted by molar-refractivity contribution is -0.143. The molecule has 2 saturated heterocycles. The van der Waals surface area contributed by atoms with E-state index in [-0.39, 0.29) is 6.04 Å². The quantitative estimate of drug-likeness (QED) is 0.586. The molecule has 0 bridgehead atoms. The number of nitrogens with two attached hydrogens (primary N) is 1. The fourth-order valence-electron chi connectivity index (χ4n) is 3.32. The van der Waals surface area contributed by atoms with Crippen LogP contribution in [0.25, 0.3) is 0 Å². The number of nitrogens with one attached hydrogen (secondary N) is 1. The molecular weight excluding hydrogens is 295 g/mol. The van der Waals surface area contributed by atoms with Gasteiger partial charge in [-0.1, -0.05) is 6.92 Å². The molecule has 5 nitrogen and oxygen atoms in total. The molecule has 2 atom stereocenters. The number of alkyl halides is 3. The summed E-state index contributed by atoms with van der Waals surface area (Å²) < 4.78 is 37.0. The lowest BCUT2D eigenvalue weighted by Crippen LogP contribution is -2.43. The summed E-state index contributed by atoms with van der Waals surface area (Å²) in [5.41, 5.74) is 5.87. The maximum absolute atomic E-state index is 12.3. The fourth-order valence-corrected chi connectivity index (χ4v) is 3.32. The highest BCUT2D eigenvalue weighted by Gasteiger charge is 2.34. The fraction of sp³-hybridized carbons (Fsp3) is 0.929. The Labute approximate surface area is 129 Å². The van der Waals surface area contributed by atoms with Crippen molar-refractivity contribution in [3.63, 3.8) is 0 Å². The Balaban J connectivity index is 1.73. The summed E-state index contributed by atoms with van der Waals surface area (Å²) >= 11 is 0. The third-order valence-electron chi connectivity index (χ3n) is 4.40. The first-order valence-electron chi connectivity index (χ1n) is 7.97. The topological polar surface area (TPSA) is 56.9 Å². The van der Waals surface area contributed by atoms with E-state index in [4.69, 9.17) is 5.73 Å². The number of rotatable bonds is 5. The molecule has 2 unspecified atom stereocenters. The summed E-state index contributed by atoms with van der Waals surface area (Å²) in [5.74, 6) is 0.349. The molecule has 0 amide bonds. The lowest BCUT2D eigenvalue weighted by Gasteiger charge is -2.21. The van der Waals surface area contributed by atoms with Gasteiger partial charge in [0.1, 0.15) is 0 Å². The summed E-state index contributed by atoms with van der Waals surface area (Å²) in [7, 11) is 0. The van der Waals surface area contributed by atoms with Crippen molar-refractivity contribution in [2.45, 2.75) is 44.4 Å². The molecule has 22 heavy (non-hydrogen) atoms. The van der Waals surface area contributed by atoms with Gasteiger partial charge < -0.3 is 11.1 Å². The van der Waals surface area contributed by atoms with Gasteiger partial charge in [0, 0.05) is 25.2 Å². The van der Waals surface area contributed by atoms with Gasteiger partial charge in [0.05, 0.1) is 13.1 Å². The molecule has 2 fully saturated rings. The van der Waals surface area contributed by atoms with Crippen LogP contribution in [-0.2, 0) is 0 Å². The molecule has 2 heterocycles. The van der Waals surface area contributed by atoms with E-state index in [0.717, 1.165) is 19.5 Å². The number of likely N-dealkylation sites (N-methyl/N-ethyl adjacent to an activating group) is 1. The third kappa shape index (κ3) is 5.31. The van der Waals surface area contributed by atoms with Gasteiger partial charge in [-0.3, -0.25) is 14.8 Å². The minimum atomic E-state index is -4.14. The number of hydrogen-bond donors (Lipinski definition) is 2. The van der Waals surface area contributed by atoms with Crippen LogP contribution in [0.2, 0.25) is 0 Å². The van der Waals surface area contributed by atoms with E-state index in [1.54, 1.807) is 0 Å². The van der Waals surface area contributed by atoms with E-state index >= 15 is 0 Å². The number of hydrogen-bond acceptors (Lipinski definition) is 3. The maximum atomic E-state index is 12.3. The van der Waals surface area contributed by atoms with Crippen molar-refractivity contribution in [1.29, 1.82) is 0 Å². The highest BCUT2D eigenvalue weighted by Crippen LogP contribution is 2.20. The maximum Gasteiger partial charge on any atom is 0.401 e. The van der Waals surface area contributed by atoms with Gasteiger partial charge >= 0.3 is 6.18 Å². The minimum Gasteiger partial charge on any atom is -0.370 e. The monoisotopic (exact) mass is 321 g/mol. The van der Waals surface area contributed by atoms with Crippen LogP contribution in [0.15, 0.2) is 4.99 Å². The first-order chi connectivity index (χ1) is 10.4. The summed E-state index contributed by atoms with van der Waals surface area (Å²) in [6.07, 6.45) is -1.15. The molecule has 128 valence electrons. The molecule has 2 aliphatic heterocycles. The highest BCUT2D eigenvalue weighted by molar-refractivity contribution is 5.78. The number of halogens is 3. The van der Waals surface area contributed by atoms with Crippen molar-refractivity contribution >= 4 is 5.96 Å². The molecular formula is C14H26F3N5. The Morgan fingerprint density at radius 3 is 2.77 bits per heavy atom. The molecule has 0 saturated carbocycles. The second kappa shape index (κ2) is 7.50. The van der Waals surface area contributed by atoms with Crippen LogP contribution >= 0.6 is 0 Å². The van der Waals surface area contributed by atoms with Gasteiger partial charge in [-0.05, 0) is 32.4 Å². The molecule has 3 N–H and O–H groups in total. The third-order valence-corrected chi connectivity index (χ3v) is 4.40. The van der Waals surface area contributed by atoms with Crippen molar-refractivity contribution in [2.24, 2.45) is 10.7 Å². The van der Waals surface area contributed by atoms with Crippen LogP contribution in [0.3, 0.4) is 0 Å². The van der Waals surface area contributed by atoms with Gasteiger partial charge in [0.15, 0.2) is 5.96 Å².